The number of carbonyl (C=O) groups is 2. The molecule has 0 bridgehead atoms. The maximum absolute atomic E-state index is 11.6. The number of aromatic nitrogens is 1. The molecular formula is C10H9N3O3S. The molecule has 0 unspecified atom stereocenters. The average Bonchev–Trinajstić information content (AvgIpc) is 2.64. The highest BCUT2D eigenvalue weighted by Gasteiger charge is 2.08. The summed E-state index contributed by atoms with van der Waals surface area (Å²) >= 11 is 4.83. The number of carbonyl (C=O) groups excluding carboxylic acids is 2. The van der Waals surface area contributed by atoms with Crippen LogP contribution in [0.15, 0.2) is 22.6 Å². The van der Waals surface area contributed by atoms with Crippen molar-refractivity contribution in [3.8, 4) is 0 Å². The molecule has 1 aromatic heterocycles. The lowest BCUT2D eigenvalue weighted by molar-refractivity contribution is -0.119. The summed E-state index contributed by atoms with van der Waals surface area (Å²) in [6.07, 6.45) is 0. The van der Waals surface area contributed by atoms with Crippen LogP contribution in [-0.2, 0) is 4.79 Å². The van der Waals surface area contributed by atoms with Crippen LogP contribution in [0.4, 0.5) is 0 Å². The number of fused-ring (bicyclic) bond motifs is 1. The van der Waals surface area contributed by atoms with Crippen molar-refractivity contribution in [3.05, 3.63) is 28.6 Å². The van der Waals surface area contributed by atoms with E-state index in [-0.39, 0.29) is 10.7 Å². The lowest BCUT2D eigenvalue weighted by Gasteiger charge is -2.04. The largest absolute Gasteiger partial charge is 0.429 e. The van der Waals surface area contributed by atoms with Gasteiger partial charge < -0.3 is 9.40 Å². The summed E-state index contributed by atoms with van der Waals surface area (Å²) < 4.78 is 5.18. The highest BCUT2D eigenvalue weighted by atomic mass is 32.1. The summed E-state index contributed by atoms with van der Waals surface area (Å²) in [4.78, 5) is 25.3. The SMILES string of the molecule is CC(=O)NNC(=O)c1ccc2[nH]c(=S)oc2c1. The maximum Gasteiger partial charge on any atom is 0.269 e. The zero-order valence-electron chi connectivity index (χ0n) is 8.87. The number of rotatable bonds is 1. The summed E-state index contributed by atoms with van der Waals surface area (Å²) in [5.41, 5.74) is 6.02. The molecule has 1 aromatic carbocycles. The molecule has 0 radical (unpaired) electrons. The second-order valence-corrected chi connectivity index (χ2v) is 3.73. The van der Waals surface area contributed by atoms with E-state index in [2.05, 4.69) is 15.8 Å². The minimum atomic E-state index is -0.426. The van der Waals surface area contributed by atoms with Crippen LogP contribution in [0.1, 0.15) is 17.3 Å². The number of hydrogen-bond acceptors (Lipinski definition) is 4. The molecule has 0 saturated carbocycles. The average molecular weight is 251 g/mol. The molecule has 2 rings (SSSR count). The predicted octanol–water partition coefficient (Wildman–Crippen LogP) is 1.27. The summed E-state index contributed by atoms with van der Waals surface area (Å²) in [6.45, 7) is 1.30. The van der Waals surface area contributed by atoms with Gasteiger partial charge in [-0.3, -0.25) is 20.4 Å². The van der Waals surface area contributed by atoms with E-state index in [9.17, 15) is 9.59 Å². The number of nitrogens with one attached hydrogen (secondary N) is 3. The maximum atomic E-state index is 11.6. The van der Waals surface area contributed by atoms with Crippen LogP contribution in [0.2, 0.25) is 0 Å². The van der Waals surface area contributed by atoms with Crippen LogP contribution in [0.25, 0.3) is 11.1 Å². The predicted molar refractivity (Wildman–Crippen MR) is 62.7 cm³/mol. The van der Waals surface area contributed by atoms with Gasteiger partial charge in [-0.1, -0.05) is 0 Å². The van der Waals surface area contributed by atoms with E-state index < -0.39 is 5.91 Å². The number of benzene rings is 1. The molecule has 0 aliphatic heterocycles. The van der Waals surface area contributed by atoms with Gasteiger partial charge in [-0.15, -0.1) is 0 Å². The Morgan fingerprint density at radius 2 is 2.12 bits per heavy atom. The molecule has 2 amide bonds. The van der Waals surface area contributed by atoms with E-state index in [4.69, 9.17) is 16.6 Å². The normalized spacial score (nSPS) is 10.2. The van der Waals surface area contributed by atoms with Crippen molar-refractivity contribution in [2.75, 3.05) is 0 Å². The van der Waals surface area contributed by atoms with Crippen molar-refractivity contribution >= 4 is 35.1 Å². The molecule has 88 valence electrons. The number of amides is 2. The lowest BCUT2D eigenvalue weighted by atomic mass is 10.2. The molecule has 0 aliphatic rings. The molecular weight excluding hydrogens is 242 g/mol. The molecule has 0 aliphatic carbocycles. The van der Waals surface area contributed by atoms with Gasteiger partial charge in [0.05, 0.1) is 5.52 Å². The Morgan fingerprint density at radius 3 is 2.82 bits per heavy atom. The molecule has 1 heterocycles. The number of H-pyrrole nitrogens is 1. The van der Waals surface area contributed by atoms with Crippen LogP contribution in [0.3, 0.4) is 0 Å². The highest BCUT2D eigenvalue weighted by molar-refractivity contribution is 7.71. The smallest absolute Gasteiger partial charge is 0.269 e. The first-order valence-electron chi connectivity index (χ1n) is 4.76. The second kappa shape index (κ2) is 4.38. The summed E-state index contributed by atoms with van der Waals surface area (Å²) in [7, 11) is 0. The van der Waals surface area contributed by atoms with E-state index >= 15 is 0 Å². The van der Waals surface area contributed by atoms with Gasteiger partial charge in [0.2, 0.25) is 5.91 Å². The van der Waals surface area contributed by atoms with Crippen molar-refractivity contribution in [1.82, 2.24) is 15.8 Å². The molecule has 0 atom stereocenters. The van der Waals surface area contributed by atoms with E-state index in [1.165, 1.54) is 6.92 Å². The van der Waals surface area contributed by atoms with Crippen LogP contribution >= 0.6 is 12.2 Å². The Bertz CT molecular complexity index is 644. The first-order valence-corrected chi connectivity index (χ1v) is 5.17. The van der Waals surface area contributed by atoms with Crippen LogP contribution in [-0.4, -0.2) is 16.8 Å². The molecule has 2 aromatic rings. The Kier molecular flexibility index (Phi) is 2.92. The van der Waals surface area contributed by atoms with Gasteiger partial charge in [-0.2, -0.15) is 0 Å². The Labute approximate surface area is 101 Å². The highest BCUT2D eigenvalue weighted by Crippen LogP contribution is 2.15. The fourth-order valence-electron chi connectivity index (χ4n) is 1.30. The minimum absolute atomic E-state index is 0.249. The second-order valence-electron chi connectivity index (χ2n) is 3.36. The molecule has 3 N–H and O–H groups in total. The fourth-order valence-corrected chi connectivity index (χ4v) is 1.50. The van der Waals surface area contributed by atoms with Crippen molar-refractivity contribution in [1.29, 1.82) is 0 Å². The van der Waals surface area contributed by atoms with E-state index in [1.54, 1.807) is 18.2 Å². The van der Waals surface area contributed by atoms with Crippen LogP contribution in [0, 0.1) is 4.84 Å². The number of oxazole rings is 1. The third-order valence-electron chi connectivity index (χ3n) is 2.04. The third kappa shape index (κ3) is 2.51. The standard InChI is InChI=1S/C10H9N3O3S/c1-5(14)12-13-9(15)6-2-3-7-8(4-6)16-10(17)11-7/h2-4H,1H3,(H,11,17)(H,12,14)(H,13,15). The van der Waals surface area contributed by atoms with Crippen LogP contribution in [0.5, 0.6) is 0 Å². The molecule has 0 saturated heterocycles. The Hall–Kier alpha value is -2.15. The number of aromatic amines is 1. The monoisotopic (exact) mass is 251 g/mol. The number of hydrogen-bond donors (Lipinski definition) is 3. The molecule has 6 nitrogen and oxygen atoms in total. The summed E-state index contributed by atoms with van der Waals surface area (Å²) in [5.74, 6) is -0.775. The lowest BCUT2D eigenvalue weighted by Crippen LogP contribution is -2.40. The van der Waals surface area contributed by atoms with Gasteiger partial charge in [0.25, 0.3) is 10.7 Å². The van der Waals surface area contributed by atoms with Crippen LogP contribution < -0.4 is 10.9 Å². The van der Waals surface area contributed by atoms with E-state index in [0.29, 0.717) is 16.7 Å². The first-order chi connectivity index (χ1) is 8.06. The molecule has 0 fully saturated rings. The fraction of sp³-hybridized carbons (Fsp3) is 0.100. The Morgan fingerprint density at radius 1 is 1.35 bits per heavy atom. The van der Waals surface area contributed by atoms with Gasteiger partial charge in [-0.25, -0.2) is 0 Å². The number of hydrazine groups is 1. The molecule has 17 heavy (non-hydrogen) atoms. The third-order valence-corrected chi connectivity index (χ3v) is 2.22. The van der Waals surface area contributed by atoms with Gasteiger partial charge in [-0.05, 0) is 30.4 Å². The molecule has 7 heteroatoms. The summed E-state index contributed by atoms with van der Waals surface area (Å²) in [5, 5.41) is 0. The van der Waals surface area contributed by atoms with Gasteiger partial charge in [0.1, 0.15) is 0 Å². The van der Waals surface area contributed by atoms with Crippen molar-refractivity contribution < 1.29 is 14.0 Å². The molecule has 0 spiro atoms. The van der Waals surface area contributed by atoms with E-state index in [0.717, 1.165) is 0 Å². The minimum Gasteiger partial charge on any atom is -0.429 e. The van der Waals surface area contributed by atoms with E-state index in [1.807, 2.05) is 0 Å². The van der Waals surface area contributed by atoms with Crippen molar-refractivity contribution in [2.24, 2.45) is 0 Å². The first kappa shape index (κ1) is 11.3. The van der Waals surface area contributed by atoms with Crippen molar-refractivity contribution in [3.63, 3.8) is 0 Å². The van der Waals surface area contributed by atoms with Gasteiger partial charge >= 0.3 is 0 Å². The van der Waals surface area contributed by atoms with Gasteiger partial charge in [0, 0.05) is 12.5 Å². The Balaban J connectivity index is 2.26. The zero-order chi connectivity index (χ0) is 12.4. The van der Waals surface area contributed by atoms with Gasteiger partial charge in [0.15, 0.2) is 5.58 Å². The summed E-state index contributed by atoms with van der Waals surface area (Å²) in [6, 6.07) is 4.82. The quantitative estimate of drug-likeness (QED) is 0.526. The topological polar surface area (TPSA) is 87.1 Å². The zero-order valence-corrected chi connectivity index (χ0v) is 9.68. The van der Waals surface area contributed by atoms with Crippen molar-refractivity contribution in [2.45, 2.75) is 6.92 Å².